The molecule has 0 radical (unpaired) electrons. The van der Waals surface area contributed by atoms with Gasteiger partial charge in [-0.25, -0.2) is 23.7 Å². The summed E-state index contributed by atoms with van der Waals surface area (Å²) in [5, 5.41) is 3.18. The largest absolute Gasteiger partial charge is 0.372 e. The van der Waals surface area contributed by atoms with E-state index >= 15 is 4.39 Å². The first-order valence-electron chi connectivity index (χ1n) is 7.87. The highest BCUT2D eigenvalue weighted by molar-refractivity contribution is 5.94. The average Bonchev–Trinajstić information content (AvgIpc) is 2.69. The number of nitrogens with one attached hydrogen (secondary N) is 1. The van der Waals surface area contributed by atoms with Crippen LogP contribution in [0.2, 0.25) is 0 Å². The molecule has 0 atom stereocenters. The van der Waals surface area contributed by atoms with Crippen molar-refractivity contribution in [3.8, 4) is 22.6 Å². The zero-order chi connectivity index (χ0) is 18.1. The van der Waals surface area contributed by atoms with Crippen molar-refractivity contribution in [2.75, 3.05) is 12.4 Å². The van der Waals surface area contributed by atoms with Gasteiger partial charge in [-0.2, -0.15) is 0 Å². The molecule has 7 heteroatoms. The minimum absolute atomic E-state index is 0.266. The summed E-state index contributed by atoms with van der Waals surface area (Å²) in [5.74, 6) is -0.145. The van der Waals surface area contributed by atoms with Gasteiger partial charge in [0.2, 0.25) is 0 Å². The minimum atomic E-state index is -0.468. The lowest BCUT2D eigenvalue weighted by atomic mass is 10.0. The van der Waals surface area contributed by atoms with Crippen molar-refractivity contribution >= 4 is 16.7 Å². The molecule has 4 aromatic rings. The molecule has 4 rings (SSSR count). The van der Waals surface area contributed by atoms with Gasteiger partial charge in [-0.3, -0.25) is 4.98 Å². The average molecular weight is 349 g/mol. The molecule has 5 nitrogen and oxygen atoms in total. The number of anilines is 1. The molecule has 0 saturated carbocycles. The summed E-state index contributed by atoms with van der Waals surface area (Å²) >= 11 is 0. The second-order valence-corrected chi connectivity index (χ2v) is 5.56. The Labute approximate surface area is 147 Å². The van der Waals surface area contributed by atoms with Crippen LogP contribution in [0.15, 0.2) is 55.0 Å². The lowest BCUT2D eigenvalue weighted by Crippen LogP contribution is -2.02. The highest BCUT2D eigenvalue weighted by atomic mass is 19.1. The minimum Gasteiger partial charge on any atom is -0.372 e. The van der Waals surface area contributed by atoms with Gasteiger partial charge < -0.3 is 5.32 Å². The second kappa shape index (κ2) is 6.44. The predicted molar refractivity (Wildman–Crippen MR) is 95.5 cm³/mol. The maximum atomic E-state index is 15.2. The molecule has 0 bridgehead atoms. The highest BCUT2D eigenvalue weighted by Crippen LogP contribution is 2.32. The van der Waals surface area contributed by atoms with E-state index in [0.29, 0.717) is 34.0 Å². The van der Waals surface area contributed by atoms with Gasteiger partial charge in [0, 0.05) is 25.0 Å². The Morgan fingerprint density at radius 1 is 0.923 bits per heavy atom. The summed E-state index contributed by atoms with van der Waals surface area (Å²) in [6.45, 7) is 0. The molecule has 128 valence electrons. The third-order valence-corrected chi connectivity index (χ3v) is 3.99. The Morgan fingerprint density at radius 2 is 1.73 bits per heavy atom. The fourth-order valence-electron chi connectivity index (χ4n) is 2.75. The van der Waals surface area contributed by atoms with Crippen LogP contribution in [0.5, 0.6) is 0 Å². The molecule has 2 aromatic heterocycles. The van der Waals surface area contributed by atoms with Crippen molar-refractivity contribution < 1.29 is 8.78 Å². The summed E-state index contributed by atoms with van der Waals surface area (Å²) in [6, 6.07) is 9.00. The molecular formula is C19H13F2N5. The van der Waals surface area contributed by atoms with Crippen LogP contribution in [-0.2, 0) is 0 Å². The van der Waals surface area contributed by atoms with E-state index in [1.807, 2.05) is 0 Å². The van der Waals surface area contributed by atoms with Gasteiger partial charge in [0.05, 0.1) is 17.1 Å². The van der Waals surface area contributed by atoms with Crippen LogP contribution >= 0.6 is 0 Å². The molecular weight excluding hydrogens is 336 g/mol. The maximum Gasteiger partial charge on any atom is 0.182 e. The summed E-state index contributed by atoms with van der Waals surface area (Å²) < 4.78 is 28.3. The zero-order valence-electron chi connectivity index (χ0n) is 13.7. The molecule has 2 heterocycles. The number of halogens is 2. The van der Waals surface area contributed by atoms with Gasteiger partial charge in [-0.1, -0.05) is 12.1 Å². The number of nitrogens with zero attached hydrogens (tertiary/aromatic N) is 4. The monoisotopic (exact) mass is 349 g/mol. The van der Waals surface area contributed by atoms with E-state index in [4.69, 9.17) is 0 Å². The van der Waals surface area contributed by atoms with Gasteiger partial charge in [-0.15, -0.1) is 0 Å². The standard InChI is InChI=1S/C19H13F2N5/c1-22-19-16-14(25-18(26-19)15-10-23-8-9-24-15)7-6-13(17(16)21)11-2-4-12(20)5-3-11/h2-10H,1H3,(H,22,25,26). The Balaban J connectivity index is 1.93. The Kier molecular flexibility index (Phi) is 3.96. The SMILES string of the molecule is CNc1nc(-c2cnccn2)nc2ccc(-c3ccc(F)cc3)c(F)c12. The lowest BCUT2D eigenvalue weighted by molar-refractivity contribution is 0.627. The van der Waals surface area contributed by atoms with Crippen molar-refractivity contribution in [2.45, 2.75) is 0 Å². The maximum absolute atomic E-state index is 15.2. The zero-order valence-corrected chi connectivity index (χ0v) is 13.7. The van der Waals surface area contributed by atoms with E-state index in [1.165, 1.54) is 24.3 Å². The number of rotatable bonds is 3. The van der Waals surface area contributed by atoms with Crippen LogP contribution in [0.3, 0.4) is 0 Å². The number of aromatic nitrogens is 4. The molecule has 1 N–H and O–H groups in total. The van der Waals surface area contributed by atoms with Crippen LogP contribution < -0.4 is 5.32 Å². The first kappa shape index (κ1) is 16.0. The van der Waals surface area contributed by atoms with Crippen molar-refractivity contribution in [1.29, 1.82) is 0 Å². The highest BCUT2D eigenvalue weighted by Gasteiger charge is 2.17. The molecule has 0 aliphatic heterocycles. The van der Waals surface area contributed by atoms with Crippen molar-refractivity contribution in [3.05, 3.63) is 66.6 Å². The molecule has 0 saturated heterocycles. The van der Waals surface area contributed by atoms with E-state index in [9.17, 15) is 4.39 Å². The summed E-state index contributed by atoms with van der Waals surface area (Å²) in [5.41, 5.74) is 1.86. The van der Waals surface area contributed by atoms with Crippen LogP contribution in [0.25, 0.3) is 33.5 Å². The molecule has 0 aliphatic rings. The van der Waals surface area contributed by atoms with E-state index in [0.717, 1.165) is 0 Å². The first-order chi connectivity index (χ1) is 12.7. The van der Waals surface area contributed by atoms with Gasteiger partial charge in [0.15, 0.2) is 5.82 Å². The van der Waals surface area contributed by atoms with Crippen LogP contribution in [0.1, 0.15) is 0 Å². The molecule has 0 spiro atoms. The van der Waals surface area contributed by atoms with Gasteiger partial charge in [-0.05, 0) is 29.8 Å². The quantitative estimate of drug-likeness (QED) is 0.604. The topological polar surface area (TPSA) is 63.6 Å². The number of hydrogen-bond acceptors (Lipinski definition) is 5. The number of benzene rings is 2. The smallest absolute Gasteiger partial charge is 0.182 e. The summed E-state index contributed by atoms with van der Waals surface area (Å²) in [7, 11) is 1.66. The van der Waals surface area contributed by atoms with Crippen molar-refractivity contribution in [2.24, 2.45) is 0 Å². The number of hydrogen-bond donors (Lipinski definition) is 1. The van der Waals surface area contributed by atoms with Crippen LogP contribution in [0.4, 0.5) is 14.6 Å². The number of fused-ring (bicyclic) bond motifs is 1. The van der Waals surface area contributed by atoms with E-state index < -0.39 is 5.82 Å². The van der Waals surface area contributed by atoms with E-state index in [-0.39, 0.29) is 11.2 Å². The molecule has 0 fully saturated rings. The molecule has 0 unspecified atom stereocenters. The van der Waals surface area contributed by atoms with Crippen LogP contribution in [0, 0.1) is 11.6 Å². The van der Waals surface area contributed by atoms with Crippen LogP contribution in [-0.4, -0.2) is 27.0 Å². The Bertz CT molecular complexity index is 1080. The van der Waals surface area contributed by atoms with Gasteiger partial charge >= 0.3 is 0 Å². The van der Waals surface area contributed by atoms with E-state index in [2.05, 4.69) is 25.3 Å². The van der Waals surface area contributed by atoms with Gasteiger partial charge in [0.1, 0.15) is 23.1 Å². The fourth-order valence-corrected chi connectivity index (χ4v) is 2.75. The Hall–Kier alpha value is -3.48. The second-order valence-electron chi connectivity index (χ2n) is 5.56. The Morgan fingerprint density at radius 3 is 2.42 bits per heavy atom. The molecule has 26 heavy (non-hydrogen) atoms. The fraction of sp³-hybridized carbons (Fsp3) is 0.0526. The summed E-state index contributed by atoms with van der Waals surface area (Å²) in [4.78, 5) is 17.0. The third-order valence-electron chi connectivity index (χ3n) is 3.99. The summed E-state index contributed by atoms with van der Waals surface area (Å²) in [6.07, 6.45) is 4.64. The molecule has 2 aromatic carbocycles. The van der Waals surface area contributed by atoms with Gasteiger partial charge in [0.25, 0.3) is 0 Å². The molecule has 0 amide bonds. The van der Waals surface area contributed by atoms with Crippen molar-refractivity contribution in [1.82, 2.24) is 19.9 Å². The van der Waals surface area contributed by atoms with Crippen molar-refractivity contribution in [3.63, 3.8) is 0 Å². The lowest BCUT2D eigenvalue weighted by Gasteiger charge is -2.11. The third kappa shape index (κ3) is 2.73. The first-order valence-corrected chi connectivity index (χ1v) is 7.87. The predicted octanol–water partition coefficient (Wildman–Crippen LogP) is 4.07. The molecule has 0 aliphatic carbocycles. The van der Waals surface area contributed by atoms with E-state index in [1.54, 1.807) is 37.8 Å². The normalized spacial score (nSPS) is 10.9.